The average Bonchev–Trinajstić information content (AvgIpc) is 2.02. The van der Waals surface area contributed by atoms with Crippen LogP contribution in [0.4, 0.5) is 0 Å². The monoisotopic (exact) mass is 184 g/mol. The maximum Gasteiger partial charge on any atom is 0.0541 e. The Bertz CT molecular complexity index is 160. The molecule has 2 N–H and O–H groups in total. The van der Waals surface area contributed by atoms with Crippen LogP contribution in [0.15, 0.2) is 0 Å². The Kier molecular flexibility index (Phi) is 2.86. The summed E-state index contributed by atoms with van der Waals surface area (Å²) in [5.41, 5.74) is 0. The Hall–Kier alpha value is -0.120. The second kappa shape index (κ2) is 3.95. The highest BCUT2D eigenvalue weighted by Gasteiger charge is 2.29. The van der Waals surface area contributed by atoms with Crippen molar-refractivity contribution < 1.29 is 5.11 Å². The van der Waals surface area contributed by atoms with Gasteiger partial charge in [0.05, 0.1) is 6.10 Å². The number of aliphatic hydroxyl groups excluding tert-OH is 1. The number of hydrogen-bond donors (Lipinski definition) is 2. The molecule has 0 amide bonds. The van der Waals surface area contributed by atoms with E-state index in [1.54, 1.807) is 0 Å². The fourth-order valence-electron chi connectivity index (χ4n) is 2.30. The first-order valence-electron chi connectivity index (χ1n) is 5.40. The molecule has 0 radical (unpaired) electrons. The van der Waals surface area contributed by atoms with Crippen molar-refractivity contribution in [2.24, 2.45) is 5.92 Å². The van der Waals surface area contributed by atoms with E-state index in [9.17, 15) is 5.11 Å². The molecule has 2 rings (SSSR count). The zero-order valence-corrected chi connectivity index (χ0v) is 8.37. The molecule has 2 fully saturated rings. The van der Waals surface area contributed by atoms with Crippen molar-refractivity contribution in [3.63, 3.8) is 0 Å². The Morgan fingerprint density at radius 3 is 2.31 bits per heavy atom. The van der Waals surface area contributed by atoms with Gasteiger partial charge in [-0.05, 0) is 38.8 Å². The smallest absolute Gasteiger partial charge is 0.0541 e. The van der Waals surface area contributed by atoms with Crippen LogP contribution in [-0.4, -0.2) is 48.3 Å². The van der Waals surface area contributed by atoms with Crippen LogP contribution in [0.3, 0.4) is 0 Å². The van der Waals surface area contributed by atoms with Gasteiger partial charge in [0.2, 0.25) is 0 Å². The molecule has 2 aliphatic rings. The minimum absolute atomic E-state index is 0.110. The third-order valence-electron chi connectivity index (χ3n) is 3.53. The Labute approximate surface area is 80.1 Å². The van der Waals surface area contributed by atoms with Crippen molar-refractivity contribution in [2.45, 2.75) is 31.9 Å². The van der Waals surface area contributed by atoms with E-state index in [2.05, 4.69) is 10.2 Å². The van der Waals surface area contributed by atoms with Crippen LogP contribution < -0.4 is 5.32 Å². The highest BCUT2D eigenvalue weighted by atomic mass is 16.3. The molecule has 13 heavy (non-hydrogen) atoms. The number of aliphatic hydroxyl groups is 1. The van der Waals surface area contributed by atoms with Gasteiger partial charge in [0.15, 0.2) is 0 Å². The first-order chi connectivity index (χ1) is 6.27. The van der Waals surface area contributed by atoms with Crippen LogP contribution in [0.2, 0.25) is 0 Å². The van der Waals surface area contributed by atoms with Crippen molar-refractivity contribution in [1.29, 1.82) is 0 Å². The maximum atomic E-state index is 9.44. The molecule has 0 bridgehead atoms. The maximum absolute atomic E-state index is 9.44. The molecule has 76 valence electrons. The summed E-state index contributed by atoms with van der Waals surface area (Å²) in [5.74, 6) is 0.546. The Morgan fingerprint density at radius 2 is 1.92 bits per heavy atom. The van der Waals surface area contributed by atoms with Crippen LogP contribution in [-0.2, 0) is 0 Å². The van der Waals surface area contributed by atoms with E-state index < -0.39 is 0 Å². The fraction of sp³-hybridized carbons (Fsp3) is 1.00. The second-order valence-electron chi connectivity index (χ2n) is 4.43. The van der Waals surface area contributed by atoms with E-state index in [4.69, 9.17) is 0 Å². The third kappa shape index (κ3) is 2.03. The van der Waals surface area contributed by atoms with E-state index in [1.165, 1.54) is 39.0 Å². The van der Waals surface area contributed by atoms with Gasteiger partial charge in [-0.3, -0.25) is 4.90 Å². The Morgan fingerprint density at radius 1 is 1.31 bits per heavy atom. The summed E-state index contributed by atoms with van der Waals surface area (Å²) in [7, 11) is 0. The van der Waals surface area contributed by atoms with E-state index in [1.807, 2.05) is 6.92 Å². The minimum atomic E-state index is -0.110. The lowest BCUT2D eigenvalue weighted by Gasteiger charge is -2.42. The van der Waals surface area contributed by atoms with Crippen molar-refractivity contribution in [2.75, 3.05) is 26.2 Å². The number of likely N-dealkylation sites (tertiary alicyclic amines) is 1. The van der Waals surface area contributed by atoms with Gasteiger partial charge in [-0.15, -0.1) is 0 Å². The van der Waals surface area contributed by atoms with Gasteiger partial charge in [-0.2, -0.15) is 0 Å². The number of hydrogen-bond acceptors (Lipinski definition) is 3. The average molecular weight is 184 g/mol. The first-order valence-corrected chi connectivity index (χ1v) is 5.40. The molecule has 1 atom stereocenters. The predicted octanol–water partition coefficient (Wildman–Crippen LogP) is 0.0510. The van der Waals surface area contributed by atoms with E-state index in [0.717, 1.165) is 6.04 Å². The number of nitrogens with zero attached hydrogens (tertiary/aromatic N) is 1. The predicted molar refractivity (Wildman–Crippen MR) is 52.6 cm³/mol. The summed E-state index contributed by atoms with van der Waals surface area (Å²) in [5, 5.41) is 12.7. The number of nitrogens with one attached hydrogen (secondary N) is 1. The summed E-state index contributed by atoms with van der Waals surface area (Å²) in [6.07, 6.45) is 2.24. The van der Waals surface area contributed by atoms with Crippen LogP contribution >= 0.6 is 0 Å². The normalized spacial score (nSPS) is 30.0. The summed E-state index contributed by atoms with van der Waals surface area (Å²) in [6, 6.07) is 0.787. The molecule has 0 aromatic rings. The number of piperidine rings is 1. The molecule has 3 heteroatoms. The van der Waals surface area contributed by atoms with Crippen LogP contribution in [0.25, 0.3) is 0 Å². The van der Waals surface area contributed by atoms with Gasteiger partial charge in [-0.25, -0.2) is 0 Å². The molecule has 2 saturated heterocycles. The quantitative estimate of drug-likeness (QED) is 0.636. The molecule has 0 saturated carbocycles. The molecule has 0 aliphatic carbocycles. The lowest BCUT2D eigenvalue weighted by molar-refractivity contribution is 0.0440. The van der Waals surface area contributed by atoms with Crippen molar-refractivity contribution >= 4 is 0 Å². The Balaban J connectivity index is 1.75. The van der Waals surface area contributed by atoms with E-state index in [0.29, 0.717) is 5.92 Å². The highest BCUT2D eigenvalue weighted by Crippen LogP contribution is 2.22. The van der Waals surface area contributed by atoms with Crippen LogP contribution in [0.1, 0.15) is 19.8 Å². The standard InChI is InChI=1S/C10H20N2O/c1-8(13)9-2-4-12(5-3-9)10-6-11-7-10/h8-11,13H,2-7H2,1H3. The fourth-order valence-corrected chi connectivity index (χ4v) is 2.30. The van der Waals surface area contributed by atoms with E-state index >= 15 is 0 Å². The van der Waals surface area contributed by atoms with Gasteiger partial charge < -0.3 is 10.4 Å². The zero-order chi connectivity index (χ0) is 9.26. The molecule has 2 aliphatic heterocycles. The summed E-state index contributed by atoms with van der Waals surface area (Å²) >= 11 is 0. The van der Waals surface area contributed by atoms with Gasteiger partial charge in [0, 0.05) is 19.1 Å². The largest absolute Gasteiger partial charge is 0.393 e. The molecule has 0 spiro atoms. The van der Waals surface area contributed by atoms with Gasteiger partial charge in [0.25, 0.3) is 0 Å². The summed E-state index contributed by atoms with van der Waals surface area (Å²) in [6.45, 7) is 6.62. The molecular formula is C10H20N2O. The third-order valence-corrected chi connectivity index (χ3v) is 3.53. The molecule has 2 heterocycles. The van der Waals surface area contributed by atoms with Crippen molar-refractivity contribution in [3.05, 3.63) is 0 Å². The topological polar surface area (TPSA) is 35.5 Å². The molecule has 0 aromatic carbocycles. The summed E-state index contributed by atoms with van der Waals surface area (Å²) in [4.78, 5) is 2.56. The molecule has 0 aromatic heterocycles. The summed E-state index contributed by atoms with van der Waals surface area (Å²) < 4.78 is 0. The van der Waals surface area contributed by atoms with Crippen molar-refractivity contribution in [3.8, 4) is 0 Å². The van der Waals surface area contributed by atoms with Crippen LogP contribution in [0, 0.1) is 5.92 Å². The lowest BCUT2D eigenvalue weighted by Crippen LogP contribution is -2.59. The SMILES string of the molecule is CC(O)C1CCN(C2CNC2)CC1. The molecular weight excluding hydrogens is 164 g/mol. The lowest BCUT2D eigenvalue weighted by atomic mass is 9.91. The second-order valence-corrected chi connectivity index (χ2v) is 4.43. The van der Waals surface area contributed by atoms with Gasteiger partial charge in [-0.1, -0.05) is 0 Å². The van der Waals surface area contributed by atoms with Crippen LogP contribution in [0.5, 0.6) is 0 Å². The van der Waals surface area contributed by atoms with E-state index in [-0.39, 0.29) is 6.10 Å². The number of rotatable bonds is 2. The van der Waals surface area contributed by atoms with Gasteiger partial charge in [0.1, 0.15) is 0 Å². The van der Waals surface area contributed by atoms with Gasteiger partial charge >= 0.3 is 0 Å². The first kappa shape index (κ1) is 9.44. The molecule has 1 unspecified atom stereocenters. The highest BCUT2D eigenvalue weighted by molar-refractivity contribution is 4.87. The minimum Gasteiger partial charge on any atom is -0.393 e. The zero-order valence-electron chi connectivity index (χ0n) is 8.37. The molecule has 3 nitrogen and oxygen atoms in total. The van der Waals surface area contributed by atoms with Crippen molar-refractivity contribution in [1.82, 2.24) is 10.2 Å².